The third-order valence-electron chi connectivity index (χ3n) is 2.59. The van der Waals surface area contributed by atoms with E-state index < -0.39 is 11.7 Å². The van der Waals surface area contributed by atoms with Crippen molar-refractivity contribution in [1.29, 1.82) is 0 Å². The zero-order valence-electron chi connectivity index (χ0n) is 10.8. The van der Waals surface area contributed by atoms with E-state index >= 15 is 0 Å². The second-order valence-electron chi connectivity index (χ2n) is 4.25. The van der Waals surface area contributed by atoms with Gasteiger partial charge >= 0.3 is 0 Å². The summed E-state index contributed by atoms with van der Waals surface area (Å²) < 4.78 is 18.9. The highest BCUT2D eigenvalue weighted by Gasteiger charge is 2.10. The number of carbonyl (C=O) groups excluding carboxylic acids is 1. The van der Waals surface area contributed by atoms with E-state index in [2.05, 4.69) is 5.32 Å². The van der Waals surface area contributed by atoms with Gasteiger partial charge in [0.25, 0.3) is 5.91 Å². The lowest BCUT2D eigenvalue weighted by atomic mass is 10.2. The van der Waals surface area contributed by atoms with Gasteiger partial charge in [-0.05, 0) is 36.8 Å². The molecule has 0 fully saturated rings. The number of benzene rings is 2. The maximum Gasteiger partial charge on any atom is 0.262 e. The maximum absolute atomic E-state index is 13.6. The van der Waals surface area contributed by atoms with Crippen LogP contribution in [0.3, 0.4) is 0 Å². The first-order valence-electron chi connectivity index (χ1n) is 5.99. The molecular weight excluding hydrogens is 281 g/mol. The molecule has 0 aliphatic rings. The van der Waals surface area contributed by atoms with E-state index in [1.165, 1.54) is 12.1 Å². The molecule has 0 saturated carbocycles. The number of ether oxygens (including phenoxy) is 1. The van der Waals surface area contributed by atoms with Crippen molar-refractivity contribution in [1.82, 2.24) is 0 Å². The van der Waals surface area contributed by atoms with Gasteiger partial charge in [-0.15, -0.1) is 0 Å². The molecule has 0 spiro atoms. The number of hydrogen-bond donors (Lipinski definition) is 1. The van der Waals surface area contributed by atoms with Crippen LogP contribution in [-0.4, -0.2) is 12.5 Å². The smallest absolute Gasteiger partial charge is 0.262 e. The number of aryl methyl sites for hydroxylation is 1. The Morgan fingerprint density at radius 3 is 2.80 bits per heavy atom. The van der Waals surface area contributed by atoms with Crippen molar-refractivity contribution in [3.8, 4) is 5.75 Å². The third kappa shape index (κ3) is 3.71. The van der Waals surface area contributed by atoms with Crippen LogP contribution < -0.4 is 10.1 Å². The number of carbonyl (C=O) groups is 1. The zero-order valence-corrected chi connectivity index (χ0v) is 11.6. The van der Waals surface area contributed by atoms with Crippen molar-refractivity contribution in [3.63, 3.8) is 0 Å². The molecule has 0 unspecified atom stereocenters. The first-order chi connectivity index (χ1) is 9.56. The monoisotopic (exact) mass is 293 g/mol. The molecule has 104 valence electrons. The van der Waals surface area contributed by atoms with Crippen LogP contribution in [0.15, 0.2) is 42.5 Å². The number of amides is 1. The summed E-state index contributed by atoms with van der Waals surface area (Å²) in [6, 6.07) is 11.7. The summed E-state index contributed by atoms with van der Waals surface area (Å²) in [5, 5.41) is 2.37. The largest absolute Gasteiger partial charge is 0.484 e. The van der Waals surface area contributed by atoms with E-state index in [-0.39, 0.29) is 17.3 Å². The van der Waals surface area contributed by atoms with Gasteiger partial charge in [0.1, 0.15) is 5.75 Å². The fourth-order valence-electron chi connectivity index (χ4n) is 1.64. The molecule has 20 heavy (non-hydrogen) atoms. The van der Waals surface area contributed by atoms with Crippen LogP contribution in [0.25, 0.3) is 0 Å². The Bertz CT molecular complexity index is 631. The molecule has 1 N–H and O–H groups in total. The van der Waals surface area contributed by atoms with Crippen LogP contribution in [0.1, 0.15) is 5.56 Å². The molecule has 2 aromatic rings. The van der Waals surface area contributed by atoms with Gasteiger partial charge in [0.15, 0.2) is 12.4 Å². The highest BCUT2D eigenvalue weighted by Crippen LogP contribution is 2.21. The van der Waals surface area contributed by atoms with Gasteiger partial charge < -0.3 is 10.1 Å². The Morgan fingerprint density at radius 1 is 1.30 bits per heavy atom. The molecule has 0 radical (unpaired) electrons. The lowest BCUT2D eigenvalue weighted by Gasteiger charge is -2.09. The van der Waals surface area contributed by atoms with Gasteiger partial charge in [-0.1, -0.05) is 29.8 Å². The van der Waals surface area contributed by atoms with Crippen molar-refractivity contribution >= 4 is 23.2 Å². The Hall–Kier alpha value is -2.07. The highest BCUT2D eigenvalue weighted by atomic mass is 35.5. The fraction of sp³-hybridized carbons (Fsp3) is 0.133. The summed E-state index contributed by atoms with van der Waals surface area (Å²) in [6.07, 6.45) is 0. The first kappa shape index (κ1) is 14.3. The second kappa shape index (κ2) is 6.39. The fourth-order valence-corrected chi connectivity index (χ4v) is 1.82. The van der Waals surface area contributed by atoms with Crippen molar-refractivity contribution in [2.75, 3.05) is 11.9 Å². The quantitative estimate of drug-likeness (QED) is 0.931. The predicted octanol–water partition coefficient (Wildman–Crippen LogP) is 3.81. The molecule has 3 nitrogen and oxygen atoms in total. The van der Waals surface area contributed by atoms with E-state index in [1.54, 1.807) is 12.1 Å². The van der Waals surface area contributed by atoms with Gasteiger partial charge in [-0.25, -0.2) is 4.39 Å². The Kier molecular flexibility index (Phi) is 4.58. The van der Waals surface area contributed by atoms with Crippen LogP contribution in [0, 0.1) is 12.7 Å². The summed E-state index contributed by atoms with van der Waals surface area (Å²) >= 11 is 5.63. The normalized spacial score (nSPS) is 10.2. The van der Waals surface area contributed by atoms with Gasteiger partial charge in [0.05, 0.1) is 10.7 Å². The van der Waals surface area contributed by atoms with Gasteiger partial charge in [-0.3, -0.25) is 4.79 Å². The van der Waals surface area contributed by atoms with Crippen LogP contribution >= 0.6 is 11.6 Å². The van der Waals surface area contributed by atoms with Crippen molar-refractivity contribution in [3.05, 3.63) is 58.9 Å². The number of nitrogens with one attached hydrogen (secondary N) is 1. The summed E-state index contributed by atoms with van der Waals surface area (Å²) in [7, 11) is 0. The first-order valence-corrected chi connectivity index (χ1v) is 6.37. The zero-order chi connectivity index (χ0) is 14.5. The number of rotatable bonds is 4. The Morgan fingerprint density at radius 2 is 2.05 bits per heavy atom. The molecule has 2 rings (SSSR count). The minimum absolute atomic E-state index is 0.0374. The Labute approximate surface area is 121 Å². The lowest BCUT2D eigenvalue weighted by Crippen LogP contribution is -2.20. The minimum atomic E-state index is -0.655. The number of hydrogen-bond acceptors (Lipinski definition) is 2. The summed E-state index contributed by atoms with van der Waals surface area (Å²) in [5.41, 5.74) is 1.07. The summed E-state index contributed by atoms with van der Waals surface area (Å²) in [4.78, 5) is 11.7. The van der Waals surface area contributed by atoms with E-state index in [9.17, 15) is 9.18 Å². The van der Waals surface area contributed by atoms with E-state index in [0.29, 0.717) is 5.75 Å². The average Bonchev–Trinajstić information content (AvgIpc) is 2.42. The standard InChI is InChI=1S/C15H13ClFNO2/c1-10-4-2-5-11(8-10)20-9-14(19)18-13-7-3-6-12(16)15(13)17/h2-8H,9H2,1H3,(H,18,19). The van der Waals surface area contributed by atoms with Crippen molar-refractivity contribution in [2.45, 2.75) is 6.92 Å². The van der Waals surface area contributed by atoms with E-state index in [1.807, 2.05) is 25.1 Å². The molecule has 0 aliphatic heterocycles. The van der Waals surface area contributed by atoms with Gasteiger partial charge in [0.2, 0.25) is 0 Å². The lowest BCUT2D eigenvalue weighted by molar-refractivity contribution is -0.118. The molecule has 0 aromatic heterocycles. The second-order valence-corrected chi connectivity index (χ2v) is 4.66. The summed E-state index contributed by atoms with van der Waals surface area (Å²) in [5.74, 6) is -0.516. The molecule has 1 amide bonds. The predicted molar refractivity (Wildman–Crippen MR) is 76.7 cm³/mol. The maximum atomic E-state index is 13.6. The van der Waals surface area contributed by atoms with Crippen molar-refractivity contribution < 1.29 is 13.9 Å². The molecular formula is C15H13ClFNO2. The molecule has 0 saturated heterocycles. The molecule has 0 bridgehead atoms. The number of anilines is 1. The van der Waals surface area contributed by atoms with Gasteiger partial charge in [-0.2, -0.15) is 0 Å². The summed E-state index contributed by atoms with van der Waals surface area (Å²) in [6.45, 7) is 1.73. The molecule has 5 heteroatoms. The SMILES string of the molecule is Cc1cccc(OCC(=O)Nc2cccc(Cl)c2F)c1. The third-order valence-corrected chi connectivity index (χ3v) is 2.88. The highest BCUT2D eigenvalue weighted by molar-refractivity contribution is 6.31. The van der Waals surface area contributed by atoms with E-state index in [4.69, 9.17) is 16.3 Å². The molecule has 2 aromatic carbocycles. The number of halogens is 2. The molecule has 0 atom stereocenters. The average molecular weight is 294 g/mol. The van der Waals surface area contributed by atoms with Crippen LogP contribution in [-0.2, 0) is 4.79 Å². The minimum Gasteiger partial charge on any atom is -0.484 e. The van der Waals surface area contributed by atoms with E-state index in [0.717, 1.165) is 5.56 Å². The van der Waals surface area contributed by atoms with Crippen molar-refractivity contribution in [2.24, 2.45) is 0 Å². The molecule has 0 aliphatic carbocycles. The van der Waals surface area contributed by atoms with Crippen LogP contribution in [0.2, 0.25) is 5.02 Å². The van der Waals surface area contributed by atoms with Gasteiger partial charge in [0, 0.05) is 0 Å². The van der Waals surface area contributed by atoms with Crippen LogP contribution in [0.4, 0.5) is 10.1 Å². The Balaban J connectivity index is 1.94. The topological polar surface area (TPSA) is 38.3 Å². The molecule has 0 heterocycles. The van der Waals surface area contributed by atoms with Crippen LogP contribution in [0.5, 0.6) is 5.75 Å².